The van der Waals surface area contributed by atoms with Crippen molar-refractivity contribution < 1.29 is 37.9 Å². The van der Waals surface area contributed by atoms with Gasteiger partial charge in [-0.1, -0.05) is 0 Å². The lowest BCUT2D eigenvalue weighted by atomic mass is 9.97. The van der Waals surface area contributed by atoms with Gasteiger partial charge < -0.3 is 19.3 Å². The Labute approximate surface area is 117 Å². The van der Waals surface area contributed by atoms with Crippen molar-refractivity contribution >= 4 is 19.8 Å². The molecule has 8 nitrogen and oxygen atoms in total. The minimum atomic E-state index is -4.99. The first-order valence-electron chi connectivity index (χ1n) is 5.79. The van der Waals surface area contributed by atoms with Crippen LogP contribution in [0.1, 0.15) is 41.5 Å². The van der Waals surface area contributed by atoms with Crippen LogP contribution in [0.3, 0.4) is 0 Å². The van der Waals surface area contributed by atoms with Crippen LogP contribution in [0.15, 0.2) is 0 Å². The van der Waals surface area contributed by atoms with Crippen molar-refractivity contribution in [2.75, 3.05) is 0 Å². The van der Waals surface area contributed by atoms with E-state index in [0.717, 1.165) is 0 Å². The zero-order chi connectivity index (χ0) is 16.4. The van der Waals surface area contributed by atoms with Crippen LogP contribution in [0.25, 0.3) is 0 Å². The number of phosphoric acid groups is 1. The molecule has 118 valence electrons. The summed E-state index contributed by atoms with van der Waals surface area (Å²) < 4.78 is 24.3. The summed E-state index contributed by atoms with van der Waals surface area (Å²) in [6, 6.07) is 0. The molecule has 0 rings (SSSR count). The van der Waals surface area contributed by atoms with Crippen molar-refractivity contribution in [2.45, 2.75) is 48.0 Å². The lowest BCUT2D eigenvalue weighted by Crippen LogP contribution is -2.35. The van der Waals surface area contributed by atoms with E-state index in [1.165, 1.54) is 41.5 Å². The molecule has 0 aromatic carbocycles. The van der Waals surface area contributed by atoms with Gasteiger partial charge >= 0.3 is 26.2 Å². The second-order valence-electron chi connectivity index (χ2n) is 6.20. The van der Waals surface area contributed by atoms with Crippen LogP contribution >= 0.6 is 7.82 Å². The fourth-order valence-electron chi connectivity index (χ4n) is 0.708. The van der Waals surface area contributed by atoms with Gasteiger partial charge in [-0.2, -0.15) is 0 Å². The molecule has 2 N–H and O–H groups in total. The molecule has 0 bridgehead atoms. The van der Waals surface area contributed by atoms with Crippen LogP contribution in [0.4, 0.5) is 0 Å². The van der Waals surface area contributed by atoms with Crippen molar-refractivity contribution in [1.29, 1.82) is 0 Å². The van der Waals surface area contributed by atoms with Gasteiger partial charge in [0, 0.05) is 0 Å². The summed E-state index contributed by atoms with van der Waals surface area (Å²) in [5, 5.41) is 0. The van der Waals surface area contributed by atoms with E-state index in [1.807, 2.05) is 0 Å². The van der Waals surface area contributed by atoms with Crippen LogP contribution in [-0.2, 0) is 28.2 Å². The highest BCUT2D eigenvalue weighted by Crippen LogP contribution is 2.39. The number of hydrogen-bond acceptors (Lipinski definition) is 6. The van der Waals surface area contributed by atoms with E-state index in [2.05, 4.69) is 14.0 Å². The molecule has 0 aromatic heterocycles. The average molecular weight is 312 g/mol. The van der Waals surface area contributed by atoms with E-state index in [0.29, 0.717) is 0 Å². The van der Waals surface area contributed by atoms with Crippen molar-refractivity contribution in [3.63, 3.8) is 0 Å². The third kappa shape index (κ3) is 7.59. The first-order chi connectivity index (χ1) is 8.63. The molecular formula is C11H21O8P. The molecule has 0 heterocycles. The van der Waals surface area contributed by atoms with Gasteiger partial charge in [0.25, 0.3) is 0 Å². The van der Waals surface area contributed by atoms with Gasteiger partial charge in [0.1, 0.15) is 0 Å². The summed E-state index contributed by atoms with van der Waals surface area (Å²) in [6.07, 6.45) is 0. The van der Waals surface area contributed by atoms with E-state index in [-0.39, 0.29) is 0 Å². The molecule has 0 aliphatic heterocycles. The molecule has 0 atom stereocenters. The number of esters is 2. The largest absolute Gasteiger partial charge is 0.475 e. The Morgan fingerprint density at radius 2 is 1.20 bits per heavy atom. The molecule has 0 fully saturated rings. The summed E-state index contributed by atoms with van der Waals surface area (Å²) in [5.74, 6) is -1.67. The first-order valence-corrected chi connectivity index (χ1v) is 7.32. The topological polar surface area (TPSA) is 119 Å². The fourth-order valence-corrected chi connectivity index (χ4v) is 1.02. The smallest absolute Gasteiger partial charge is 0.400 e. The Morgan fingerprint density at radius 1 is 0.900 bits per heavy atom. The van der Waals surface area contributed by atoms with Crippen LogP contribution < -0.4 is 0 Å². The van der Waals surface area contributed by atoms with Gasteiger partial charge in [-0.3, -0.25) is 9.59 Å². The quantitative estimate of drug-likeness (QED) is 0.456. The predicted octanol–water partition coefficient (Wildman–Crippen LogP) is 1.56. The zero-order valence-electron chi connectivity index (χ0n) is 12.4. The zero-order valence-corrected chi connectivity index (χ0v) is 13.3. The lowest BCUT2D eigenvalue weighted by molar-refractivity contribution is -0.248. The minimum absolute atomic E-state index is 0.836. The Bertz CT molecular complexity index is 383. The van der Waals surface area contributed by atoms with Crippen molar-refractivity contribution in [2.24, 2.45) is 10.8 Å². The van der Waals surface area contributed by atoms with Gasteiger partial charge in [0.2, 0.25) is 0 Å². The van der Waals surface area contributed by atoms with E-state index in [4.69, 9.17) is 9.79 Å². The fraction of sp³-hybridized carbons (Fsp3) is 0.818. The maximum absolute atomic E-state index is 11.6. The van der Waals surface area contributed by atoms with Gasteiger partial charge in [-0.15, -0.1) is 0 Å². The Kier molecular flexibility index (Phi) is 5.92. The predicted molar refractivity (Wildman–Crippen MR) is 68.0 cm³/mol. The van der Waals surface area contributed by atoms with Crippen molar-refractivity contribution in [3.8, 4) is 0 Å². The number of rotatable bonds is 4. The Hall–Kier alpha value is -0.950. The van der Waals surface area contributed by atoms with Crippen molar-refractivity contribution in [1.82, 2.24) is 0 Å². The maximum Gasteiger partial charge on any atom is 0.475 e. The monoisotopic (exact) mass is 312 g/mol. The second-order valence-corrected chi connectivity index (χ2v) is 7.39. The highest BCUT2D eigenvalue weighted by molar-refractivity contribution is 7.46. The molecule has 20 heavy (non-hydrogen) atoms. The van der Waals surface area contributed by atoms with E-state index >= 15 is 0 Å². The van der Waals surface area contributed by atoms with Crippen LogP contribution in [0.2, 0.25) is 0 Å². The summed E-state index contributed by atoms with van der Waals surface area (Å²) in [7, 11) is -4.99. The number of phosphoric ester groups is 1. The number of carbonyl (C=O) groups excluding carboxylic acids is 2. The highest BCUT2D eigenvalue weighted by Gasteiger charge is 2.35. The maximum atomic E-state index is 11.6. The molecule has 0 saturated carbocycles. The Morgan fingerprint density at radius 3 is 1.40 bits per heavy atom. The van der Waals surface area contributed by atoms with E-state index in [1.54, 1.807) is 0 Å². The van der Waals surface area contributed by atoms with Crippen molar-refractivity contribution in [3.05, 3.63) is 0 Å². The van der Waals surface area contributed by atoms with E-state index in [9.17, 15) is 14.2 Å². The minimum Gasteiger partial charge on any atom is -0.400 e. The normalized spacial score (nSPS) is 13.2. The van der Waals surface area contributed by atoms with Gasteiger partial charge in [-0.25, -0.2) is 9.09 Å². The van der Waals surface area contributed by atoms with E-state index < -0.39 is 37.1 Å². The SMILES string of the molecule is CC(C)(C)C(=O)OC(OC(=O)C(C)(C)C)OP(=O)(O)O. The third-order valence-electron chi connectivity index (χ3n) is 1.85. The first kappa shape index (κ1) is 19.1. The number of ether oxygens (including phenoxy) is 2. The third-order valence-corrected chi connectivity index (χ3v) is 2.30. The molecule has 9 heteroatoms. The molecule has 0 unspecified atom stereocenters. The van der Waals surface area contributed by atoms with Gasteiger partial charge in [0.15, 0.2) is 0 Å². The van der Waals surface area contributed by atoms with Gasteiger partial charge in [0.05, 0.1) is 10.8 Å². The molecule has 0 aromatic rings. The number of hydrogen-bond donors (Lipinski definition) is 2. The van der Waals surface area contributed by atoms with Crippen LogP contribution in [0, 0.1) is 10.8 Å². The summed E-state index contributed by atoms with van der Waals surface area (Å²) >= 11 is 0. The molecule has 0 aliphatic carbocycles. The lowest BCUT2D eigenvalue weighted by Gasteiger charge is -2.25. The molecule has 0 spiro atoms. The molecule has 0 saturated heterocycles. The number of carbonyl (C=O) groups is 2. The highest BCUT2D eigenvalue weighted by atomic mass is 31.2. The van der Waals surface area contributed by atoms with Crippen LogP contribution in [-0.4, -0.2) is 28.2 Å². The summed E-state index contributed by atoms with van der Waals surface area (Å²) in [5.41, 5.74) is -1.91. The van der Waals surface area contributed by atoms with Gasteiger partial charge in [-0.05, 0) is 41.5 Å². The van der Waals surface area contributed by atoms with Crippen LogP contribution in [0.5, 0.6) is 0 Å². The average Bonchev–Trinajstić information content (AvgIpc) is 2.11. The molecule has 0 aliphatic rings. The second kappa shape index (κ2) is 6.22. The molecular weight excluding hydrogens is 291 g/mol. The molecule has 0 amide bonds. The standard InChI is InChI=1S/C11H21O8P/c1-10(2,3)7(12)17-9(19-20(14,15)16)18-8(13)11(4,5)6/h9H,1-6H3,(H2,14,15,16). The summed E-state index contributed by atoms with van der Waals surface area (Å²) in [6.45, 7) is 7.04. The molecule has 0 radical (unpaired) electrons. The Balaban J connectivity index is 4.98. The summed E-state index contributed by atoms with van der Waals surface area (Å²) in [4.78, 5) is 40.7.